The molecule has 9 nitrogen and oxygen atoms in total. The van der Waals surface area contributed by atoms with E-state index in [4.69, 9.17) is 9.47 Å². The van der Waals surface area contributed by atoms with E-state index in [1.807, 2.05) is 36.7 Å². The minimum absolute atomic E-state index is 0.193. The third-order valence-electron chi connectivity index (χ3n) is 5.67. The number of methoxy groups -OCH3 is 2. The van der Waals surface area contributed by atoms with Crippen molar-refractivity contribution in [3.8, 4) is 17.3 Å². The zero-order chi connectivity index (χ0) is 22.9. The number of pyridine rings is 1. The summed E-state index contributed by atoms with van der Waals surface area (Å²) < 4.78 is 40.2. The predicted octanol–water partition coefficient (Wildman–Crippen LogP) is 2.41. The Kier molecular flexibility index (Phi) is 6.07. The summed E-state index contributed by atoms with van der Waals surface area (Å²) in [6, 6.07) is 10.4. The first-order chi connectivity index (χ1) is 15.4. The van der Waals surface area contributed by atoms with Gasteiger partial charge in [0.15, 0.2) is 17.3 Å². The predicted molar refractivity (Wildman–Crippen MR) is 121 cm³/mol. The molecular weight excluding hydrogens is 430 g/mol. The summed E-state index contributed by atoms with van der Waals surface area (Å²) in [5.74, 6) is 1.64. The first-order valence-corrected chi connectivity index (χ1v) is 11.8. The second-order valence-electron chi connectivity index (χ2n) is 7.53. The highest BCUT2D eigenvalue weighted by Gasteiger charge is 2.31. The Morgan fingerprint density at radius 3 is 2.28 bits per heavy atom. The smallest absolute Gasteiger partial charge is 0.243 e. The SMILES string of the molecule is COc1ccc(S(=O)(=O)N2CCN(c3c(C)nn(-c4ccccn4)c3C)CC2)cc1OC. The molecule has 170 valence electrons. The molecule has 3 aromatic rings. The van der Waals surface area contributed by atoms with E-state index in [1.165, 1.54) is 24.6 Å². The quantitative estimate of drug-likeness (QED) is 0.561. The van der Waals surface area contributed by atoms with E-state index in [9.17, 15) is 8.42 Å². The van der Waals surface area contributed by atoms with Gasteiger partial charge in [0.05, 0.1) is 36.2 Å². The molecule has 0 aliphatic carbocycles. The van der Waals surface area contributed by atoms with Gasteiger partial charge in [-0.05, 0) is 38.1 Å². The van der Waals surface area contributed by atoms with Gasteiger partial charge in [-0.15, -0.1) is 0 Å². The standard InChI is InChI=1S/C22H27N5O4S/c1-16-22(17(2)27(24-16)21-7-5-6-10-23-21)25-11-13-26(14-12-25)32(28,29)18-8-9-19(30-3)20(15-18)31-4/h5-10,15H,11-14H2,1-4H3. The van der Waals surface area contributed by atoms with E-state index in [0.29, 0.717) is 37.7 Å². The molecule has 0 spiro atoms. The normalized spacial score (nSPS) is 15.1. The lowest BCUT2D eigenvalue weighted by atomic mass is 10.2. The Hall–Kier alpha value is -3.11. The van der Waals surface area contributed by atoms with Gasteiger partial charge in [-0.3, -0.25) is 0 Å². The molecule has 0 saturated carbocycles. The van der Waals surface area contributed by atoms with Crippen molar-refractivity contribution in [2.45, 2.75) is 18.7 Å². The van der Waals surface area contributed by atoms with Crippen LogP contribution < -0.4 is 14.4 Å². The van der Waals surface area contributed by atoms with Gasteiger partial charge in [-0.25, -0.2) is 18.1 Å². The number of rotatable bonds is 6. The molecule has 0 atom stereocenters. The van der Waals surface area contributed by atoms with E-state index in [-0.39, 0.29) is 4.90 Å². The first kappa shape index (κ1) is 22.1. The van der Waals surface area contributed by atoms with Crippen molar-refractivity contribution >= 4 is 15.7 Å². The molecule has 0 bridgehead atoms. The van der Waals surface area contributed by atoms with Crippen LogP contribution in [0.4, 0.5) is 5.69 Å². The average molecular weight is 458 g/mol. The second kappa shape index (κ2) is 8.79. The fourth-order valence-electron chi connectivity index (χ4n) is 4.07. The first-order valence-electron chi connectivity index (χ1n) is 10.3. The molecule has 1 fully saturated rings. The number of piperazine rings is 1. The van der Waals surface area contributed by atoms with Crippen molar-refractivity contribution in [3.63, 3.8) is 0 Å². The molecule has 0 N–H and O–H groups in total. The Morgan fingerprint density at radius 1 is 0.938 bits per heavy atom. The number of sulfonamides is 1. The van der Waals surface area contributed by atoms with Crippen molar-refractivity contribution in [2.75, 3.05) is 45.3 Å². The molecule has 1 aliphatic heterocycles. The lowest BCUT2D eigenvalue weighted by Crippen LogP contribution is -2.49. The lowest BCUT2D eigenvalue weighted by Gasteiger charge is -2.35. The van der Waals surface area contributed by atoms with Gasteiger partial charge in [-0.1, -0.05) is 6.07 Å². The maximum Gasteiger partial charge on any atom is 0.243 e. The van der Waals surface area contributed by atoms with Crippen LogP contribution >= 0.6 is 0 Å². The number of benzene rings is 1. The van der Waals surface area contributed by atoms with Crippen LogP contribution in [0.1, 0.15) is 11.4 Å². The van der Waals surface area contributed by atoms with Crippen LogP contribution in [-0.2, 0) is 10.0 Å². The van der Waals surface area contributed by atoms with Crippen molar-refractivity contribution < 1.29 is 17.9 Å². The van der Waals surface area contributed by atoms with Crippen molar-refractivity contribution in [3.05, 3.63) is 54.0 Å². The van der Waals surface area contributed by atoms with Crippen LogP contribution in [0.25, 0.3) is 5.82 Å². The van der Waals surface area contributed by atoms with Crippen LogP contribution in [-0.4, -0.2) is 67.9 Å². The maximum atomic E-state index is 13.2. The minimum Gasteiger partial charge on any atom is -0.493 e. The second-order valence-corrected chi connectivity index (χ2v) is 9.47. The molecule has 32 heavy (non-hydrogen) atoms. The average Bonchev–Trinajstić information content (AvgIpc) is 3.12. The summed E-state index contributed by atoms with van der Waals surface area (Å²) in [4.78, 5) is 6.77. The Labute approximate surface area is 188 Å². The topological polar surface area (TPSA) is 89.8 Å². The number of aromatic nitrogens is 3. The molecular formula is C22H27N5O4S. The van der Waals surface area contributed by atoms with Crippen molar-refractivity contribution in [1.29, 1.82) is 0 Å². The fourth-order valence-corrected chi connectivity index (χ4v) is 5.51. The van der Waals surface area contributed by atoms with E-state index in [2.05, 4.69) is 15.0 Å². The highest BCUT2D eigenvalue weighted by Crippen LogP contribution is 2.32. The Morgan fingerprint density at radius 2 is 1.66 bits per heavy atom. The van der Waals surface area contributed by atoms with Crippen LogP contribution in [0.2, 0.25) is 0 Å². The zero-order valence-electron chi connectivity index (χ0n) is 18.6. The van der Waals surface area contributed by atoms with Crippen LogP contribution in [0.5, 0.6) is 11.5 Å². The summed E-state index contributed by atoms with van der Waals surface area (Å²) >= 11 is 0. The third-order valence-corrected chi connectivity index (χ3v) is 7.56. The number of nitrogens with zero attached hydrogens (tertiary/aromatic N) is 5. The maximum absolute atomic E-state index is 13.2. The molecule has 2 aromatic heterocycles. The number of hydrogen-bond acceptors (Lipinski definition) is 7. The molecule has 3 heterocycles. The molecule has 1 aliphatic rings. The molecule has 0 unspecified atom stereocenters. The van der Waals surface area contributed by atoms with E-state index in [0.717, 1.165) is 22.9 Å². The van der Waals surface area contributed by atoms with Gasteiger partial charge in [0.2, 0.25) is 10.0 Å². The molecule has 1 aromatic carbocycles. The van der Waals surface area contributed by atoms with Gasteiger partial charge in [0, 0.05) is 38.4 Å². The number of aryl methyl sites for hydroxylation is 1. The molecule has 1 saturated heterocycles. The number of anilines is 1. The van der Waals surface area contributed by atoms with Gasteiger partial charge >= 0.3 is 0 Å². The third kappa shape index (κ3) is 3.91. The Bertz CT molecular complexity index is 1200. The lowest BCUT2D eigenvalue weighted by molar-refractivity contribution is 0.353. The summed E-state index contributed by atoms with van der Waals surface area (Å²) in [6.07, 6.45) is 1.74. The van der Waals surface area contributed by atoms with Crippen LogP contribution in [0.3, 0.4) is 0 Å². The summed E-state index contributed by atoms with van der Waals surface area (Å²) in [5.41, 5.74) is 2.90. The summed E-state index contributed by atoms with van der Waals surface area (Å²) in [7, 11) is -0.635. The van der Waals surface area contributed by atoms with Crippen LogP contribution in [0, 0.1) is 13.8 Å². The fraction of sp³-hybridized carbons (Fsp3) is 0.364. The molecule has 4 rings (SSSR count). The van der Waals surface area contributed by atoms with Gasteiger partial charge in [-0.2, -0.15) is 9.40 Å². The minimum atomic E-state index is -3.64. The number of ether oxygens (including phenoxy) is 2. The van der Waals surface area contributed by atoms with Gasteiger partial charge < -0.3 is 14.4 Å². The van der Waals surface area contributed by atoms with Gasteiger partial charge in [0.1, 0.15) is 0 Å². The number of hydrogen-bond donors (Lipinski definition) is 0. The highest BCUT2D eigenvalue weighted by atomic mass is 32.2. The monoisotopic (exact) mass is 457 g/mol. The molecule has 10 heteroatoms. The zero-order valence-corrected chi connectivity index (χ0v) is 19.5. The molecule has 0 radical (unpaired) electrons. The molecule has 0 amide bonds. The summed E-state index contributed by atoms with van der Waals surface area (Å²) in [6.45, 7) is 5.88. The van der Waals surface area contributed by atoms with Crippen molar-refractivity contribution in [2.24, 2.45) is 0 Å². The van der Waals surface area contributed by atoms with E-state index in [1.54, 1.807) is 18.3 Å². The van der Waals surface area contributed by atoms with Crippen molar-refractivity contribution in [1.82, 2.24) is 19.1 Å². The van der Waals surface area contributed by atoms with E-state index < -0.39 is 10.0 Å². The summed E-state index contributed by atoms with van der Waals surface area (Å²) in [5, 5.41) is 4.66. The largest absolute Gasteiger partial charge is 0.493 e. The Balaban J connectivity index is 1.53. The van der Waals surface area contributed by atoms with Crippen LogP contribution in [0.15, 0.2) is 47.5 Å². The van der Waals surface area contributed by atoms with Gasteiger partial charge in [0.25, 0.3) is 0 Å². The highest BCUT2D eigenvalue weighted by molar-refractivity contribution is 7.89. The van der Waals surface area contributed by atoms with E-state index >= 15 is 0 Å².